The molecule has 3 aliphatic carbocycles. The molecule has 3 atom stereocenters. The van der Waals surface area contributed by atoms with E-state index < -0.39 is 0 Å². The van der Waals surface area contributed by atoms with Crippen molar-refractivity contribution in [3.8, 4) is 11.5 Å². The molecule has 4 heteroatoms. The number of ether oxygens (including phenoxy) is 2. The fourth-order valence-electron chi connectivity index (χ4n) is 6.41. The highest BCUT2D eigenvalue weighted by atomic mass is 16.5. The topological polar surface area (TPSA) is 70.5 Å². The van der Waals surface area contributed by atoms with Gasteiger partial charge in [0.2, 0.25) is 0 Å². The molecule has 3 aliphatic rings. The zero-order valence-corrected chi connectivity index (χ0v) is 24.1. The molecule has 4 nitrogen and oxygen atoms in total. The van der Waals surface area contributed by atoms with Crippen molar-refractivity contribution in [2.75, 3.05) is 27.3 Å². The second-order valence-electron chi connectivity index (χ2n) is 12.0. The third-order valence-electron chi connectivity index (χ3n) is 8.94. The summed E-state index contributed by atoms with van der Waals surface area (Å²) >= 11 is 0. The summed E-state index contributed by atoms with van der Waals surface area (Å²) in [5.41, 5.74) is 16.0. The first-order valence-electron chi connectivity index (χ1n) is 14.1. The summed E-state index contributed by atoms with van der Waals surface area (Å²) in [5, 5.41) is 0. The molecule has 0 heterocycles. The molecule has 2 aromatic carbocycles. The van der Waals surface area contributed by atoms with Gasteiger partial charge < -0.3 is 20.9 Å². The van der Waals surface area contributed by atoms with Crippen molar-refractivity contribution in [1.82, 2.24) is 0 Å². The summed E-state index contributed by atoms with van der Waals surface area (Å²) < 4.78 is 12.0. The van der Waals surface area contributed by atoms with E-state index in [-0.39, 0.29) is 16.7 Å². The van der Waals surface area contributed by atoms with E-state index in [0.717, 1.165) is 30.9 Å². The van der Waals surface area contributed by atoms with Gasteiger partial charge in [0, 0.05) is 18.0 Å². The Bertz CT molecular complexity index is 961. The van der Waals surface area contributed by atoms with Gasteiger partial charge in [0.1, 0.15) is 11.5 Å². The highest BCUT2D eigenvalue weighted by Crippen LogP contribution is 2.65. The number of methoxy groups -OCH3 is 2. The molecule has 0 aromatic heterocycles. The maximum Gasteiger partial charge on any atom is 0.126 e. The van der Waals surface area contributed by atoms with Crippen LogP contribution in [0.3, 0.4) is 0 Å². The van der Waals surface area contributed by atoms with Gasteiger partial charge in [0.15, 0.2) is 0 Å². The van der Waals surface area contributed by atoms with Gasteiger partial charge in [-0.15, -0.1) is 0 Å². The zero-order valence-electron chi connectivity index (χ0n) is 24.1. The molecule has 1 fully saturated rings. The predicted molar refractivity (Wildman–Crippen MR) is 156 cm³/mol. The molecular weight excluding hydrogens is 456 g/mol. The lowest BCUT2D eigenvalue weighted by atomic mass is 9.45. The molecule has 37 heavy (non-hydrogen) atoms. The molecule has 0 saturated heterocycles. The van der Waals surface area contributed by atoms with E-state index in [2.05, 4.69) is 45.9 Å². The predicted octanol–water partition coefficient (Wildman–Crippen LogP) is 7.22. The van der Waals surface area contributed by atoms with Crippen molar-refractivity contribution >= 4 is 0 Å². The van der Waals surface area contributed by atoms with Gasteiger partial charge in [-0.05, 0) is 66.2 Å². The minimum absolute atomic E-state index is 0.0630. The van der Waals surface area contributed by atoms with Gasteiger partial charge in [-0.1, -0.05) is 95.0 Å². The molecule has 2 aromatic rings. The van der Waals surface area contributed by atoms with Gasteiger partial charge in [0.05, 0.1) is 14.2 Å². The summed E-state index contributed by atoms with van der Waals surface area (Å²) in [5.74, 6) is 3.40. The van der Waals surface area contributed by atoms with Gasteiger partial charge in [-0.2, -0.15) is 0 Å². The van der Waals surface area contributed by atoms with Crippen LogP contribution in [0.25, 0.3) is 0 Å². The zero-order chi connectivity index (χ0) is 27.1. The summed E-state index contributed by atoms with van der Waals surface area (Å²) in [6, 6.07) is 16.5. The highest BCUT2D eigenvalue weighted by molar-refractivity contribution is 5.55. The minimum Gasteiger partial charge on any atom is -0.496 e. The lowest BCUT2D eigenvalue weighted by molar-refractivity contribution is -0.0206. The Morgan fingerprint density at radius 1 is 0.865 bits per heavy atom. The Labute approximate surface area is 225 Å². The molecule has 204 valence electrons. The Morgan fingerprint density at radius 2 is 1.41 bits per heavy atom. The molecule has 3 unspecified atom stereocenters. The largest absolute Gasteiger partial charge is 0.496 e. The molecule has 2 bridgehead atoms. The Morgan fingerprint density at radius 3 is 1.86 bits per heavy atom. The van der Waals surface area contributed by atoms with Gasteiger partial charge in [-0.25, -0.2) is 0 Å². The van der Waals surface area contributed by atoms with Crippen molar-refractivity contribution in [1.29, 1.82) is 0 Å². The summed E-state index contributed by atoms with van der Waals surface area (Å²) in [4.78, 5) is 0. The fraction of sp³-hybridized carbons (Fsp3) is 0.576. The molecule has 1 saturated carbocycles. The van der Waals surface area contributed by atoms with Crippen LogP contribution in [0.15, 0.2) is 60.2 Å². The fourth-order valence-corrected chi connectivity index (χ4v) is 6.41. The van der Waals surface area contributed by atoms with Gasteiger partial charge >= 0.3 is 0 Å². The number of fused-ring (bicyclic) bond motifs is 1. The van der Waals surface area contributed by atoms with E-state index >= 15 is 0 Å². The van der Waals surface area contributed by atoms with Crippen molar-refractivity contribution in [3.05, 3.63) is 71.3 Å². The Hall–Kier alpha value is -2.30. The average molecular weight is 507 g/mol. The second kappa shape index (κ2) is 13.0. The normalized spacial score (nSPS) is 21.7. The number of benzene rings is 2. The summed E-state index contributed by atoms with van der Waals surface area (Å²) in [6.07, 6.45) is 9.54. The average Bonchev–Trinajstić information content (AvgIpc) is 2.92. The van der Waals surface area contributed by atoms with Crippen LogP contribution in [0, 0.1) is 17.3 Å². The van der Waals surface area contributed by atoms with Crippen LogP contribution < -0.4 is 20.9 Å². The molecule has 4 N–H and O–H groups in total. The van der Waals surface area contributed by atoms with Crippen molar-refractivity contribution in [2.45, 2.75) is 77.6 Å². The SMILES string of the molecule is COc1cc(C(C)(C)CCCCCCN)cc(OC)c1C1C=C(CN)C2CC1C2(C)C.c1ccccc1. The molecule has 0 spiro atoms. The van der Waals surface area contributed by atoms with Crippen LogP contribution in [0.4, 0.5) is 0 Å². The van der Waals surface area contributed by atoms with Crippen LogP contribution in [-0.2, 0) is 5.41 Å². The number of allylic oxidation sites excluding steroid dienone is 1. The molecular formula is C33H50N2O2. The maximum atomic E-state index is 6.14. The van der Waals surface area contributed by atoms with Crippen molar-refractivity contribution in [3.63, 3.8) is 0 Å². The van der Waals surface area contributed by atoms with Crippen LogP contribution in [0.1, 0.15) is 83.3 Å². The molecule has 0 aliphatic heterocycles. The second-order valence-corrected chi connectivity index (χ2v) is 12.0. The lowest BCUT2D eigenvalue weighted by Crippen LogP contribution is -2.52. The van der Waals surface area contributed by atoms with E-state index in [9.17, 15) is 0 Å². The monoisotopic (exact) mass is 506 g/mol. The number of nitrogens with two attached hydrogens (primary N) is 2. The van der Waals surface area contributed by atoms with Crippen LogP contribution >= 0.6 is 0 Å². The summed E-state index contributed by atoms with van der Waals surface area (Å²) in [7, 11) is 3.57. The standard InChI is InChI=1S/C27H44N2O2.C6H6/c1-26(2,11-9-7-8-10-12-28)19-14-23(30-5)25(24(15-19)31-6)20-13-18(17-29)21-16-22(20)27(21,3)4;1-2-4-6-5-3-1/h13-15,20-22H,7-12,16-17,28-29H2,1-6H3;1-6H. The Balaban J connectivity index is 0.000000555. The minimum atomic E-state index is 0.0630. The van der Waals surface area contributed by atoms with Crippen LogP contribution in [0.5, 0.6) is 11.5 Å². The van der Waals surface area contributed by atoms with E-state index in [4.69, 9.17) is 20.9 Å². The van der Waals surface area contributed by atoms with E-state index in [1.807, 2.05) is 36.4 Å². The van der Waals surface area contributed by atoms with E-state index in [0.29, 0.717) is 18.4 Å². The molecule has 5 rings (SSSR count). The molecule has 0 radical (unpaired) electrons. The quantitative estimate of drug-likeness (QED) is 0.249. The maximum absolute atomic E-state index is 6.14. The first kappa shape index (κ1) is 29.3. The first-order valence-corrected chi connectivity index (χ1v) is 14.1. The number of hydrogen-bond acceptors (Lipinski definition) is 4. The van der Waals surface area contributed by atoms with Crippen molar-refractivity contribution < 1.29 is 9.47 Å². The van der Waals surface area contributed by atoms with E-state index in [1.54, 1.807) is 14.2 Å². The van der Waals surface area contributed by atoms with Crippen molar-refractivity contribution in [2.24, 2.45) is 28.7 Å². The number of unbranched alkanes of at least 4 members (excludes halogenated alkanes) is 3. The third kappa shape index (κ3) is 6.59. The van der Waals surface area contributed by atoms with Crippen LogP contribution in [-0.4, -0.2) is 27.3 Å². The first-order chi connectivity index (χ1) is 17.7. The van der Waals surface area contributed by atoms with Crippen LogP contribution in [0.2, 0.25) is 0 Å². The third-order valence-corrected chi connectivity index (χ3v) is 8.94. The smallest absolute Gasteiger partial charge is 0.126 e. The number of hydrogen-bond donors (Lipinski definition) is 2. The number of rotatable bonds is 11. The molecule has 0 amide bonds. The van der Waals surface area contributed by atoms with Gasteiger partial charge in [0.25, 0.3) is 0 Å². The summed E-state index contributed by atoms with van der Waals surface area (Å²) in [6.45, 7) is 10.9. The lowest BCUT2D eigenvalue weighted by Gasteiger charge is -2.59. The Kier molecular flexibility index (Phi) is 10.3. The van der Waals surface area contributed by atoms with Gasteiger partial charge in [-0.3, -0.25) is 0 Å². The highest BCUT2D eigenvalue weighted by Gasteiger charge is 2.55. The van der Waals surface area contributed by atoms with E-state index in [1.165, 1.54) is 42.4 Å².